The van der Waals surface area contributed by atoms with Crippen LogP contribution in [0, 0.1) is 17.8 Å². The van der Waals surface area contributed by atoms with Crippen molar-refractivity contribution in [1.82, 2.24) is 25.2 Å². The Labute approximate surface area is 313 Å². The van der Waals surface area contributed by atoms with Crippen molar-refractivity contribution in [2.24, 2.45) is 17.8 Å². The predicted molar refractivity (Wildman–Crippen MR) is 203 cm³/mol. The molecule has 0 spiro atoms. The van der Waals surface area contributed by atoms with Crippen LogP contribution in [0.3, 0.4) is 0 Å². The van der Waals surface area contributed by atoms with Gasteiger partial charge in [-0.2, -0.15) is 0 Å². The molecule has 2 fully saturated rings. The predicted octanol–water partition coefficient (Wildman–Crippen LogP) is 3.91. The monoisotopic (exact) mass is 736 g/mol. The Kier molecular flexibility index (Phi) is 13.9. The van der Waals surface area contributed by atoms with Crippen LogP contribution in [0.15, 0.2) is 42.6 Å². The number of esters is 1. The number of hydrogen-bond donors (Lipinski definition) is 3. The number of ether oxygens (including phenoxy) is 3. The average Bonchev–Trinajstić information content (AvgIpc) is 3.70. The number of carbonyl (C=O) groups excluding carboxylic acids is 3. The number of hydrogen-bond acceptors (Lipinski definition) is 11. The zero-order valence-electron chi connectivity index (χ0n) is 32.4. The number of cyclic esters (lactones) is 1. The minimum atomic E-state index is -1.33. The van der Waals surface area contributed by atoms with Gasteiger partial charge >= 0.3 is 18.0 Å². The highest BCUT2D eigenvalue weighted by Crippen LogP contribution is 2.41. The molecule has 53 heavy (non-hydrogen) atoms. The van der Waals surface area contributed by atoms with Gasteiger partial charge in [0.15, 0.2) is 5.60 Å². The molecule has 0 radical (unpaired) electrons. The van der Waals surface area contributed by atoms with Gasteiger partial charge in [-0.1, -0.05) is 44.2 Å². The van der Waals surface area contributed by atoms with Gasteiger partial charge in [0.25, 0.3) is 0 Å². The van der Waals surface area contributed by atoms with Gasteiger partial charge in [0.05, 0.1) is 17.8 Å². The Morgan fingerprint density at radius 1 is 1.19 bits per heavy atom. The van der Waals surface area contributed by atoms with E-state index in [1.807, 2.05) is 59.1 Å². The lowest BCUT2D eigenvalue weighted by atomic mass is 9.62. The molecule has 2 aliphatic heterocycles. The number of ketones is 1. The second-order valence-corrected chi connectivity index (χ2v) is 15.2. The van der Waals surface area contributed by atoms with Crippen molar-refractivity contribution in [2.75, 3.05) is 25.9 Å². The summed E-state index contributed by atoms with van der Waals surface area (Å²) in [4.78, 5) is 54.5. The Morgan fingerprint density at radius 3 is 2.57 bits per heavy atom. The highest BCUT2D eigenvalue weighted by molar-refractivity contribution is 6.15. The summed E-state index contributed by atoms with van der Waals surface area (Å²) in [5.41, 5.74) is 6.13. The van der Waals surface area contributed by atoms with E-state index in [2.05, 4.69) is 22.6 Å². The molecule has 0 bridgehead atoms. The SMILES string of the molecule is B[C@@H]1[C@@H](C)C(=O)[C@@H](C)C(=O)O[C@H](CC)[C@@]2(C)OC(=O)N(CCCCn3cc(-c4cccc(N)c4)nn3)[C@@H]2[C@@H](C/C=C/C(=O)O)NC[C@H](C)C[C@@]1(C)OC. The third kappa shape index (κ3) is 9.66. The number of benzene rings is 1. The van der Waals surface area contributed by atoms with Crippen molar-refractivity contribution in [1.29, 1.82) is 0 Å². The Morgan fingerprint density at radius 2 is 1.91 bits per heavy atom. The molecule has 0 unspecified atom stereocenters. The number of methoxy groups -OCH3 is 1. The summed E-state index contributed by atoms with van der Waals surface area (Å²) in [6.45, 7) is 12.4. The first kappa shape index (κ1) is 41.5. The van der Waals surface area contributed by atoms with E-state index < -0.39 is 59.3 Å². The largest absolute Gasteiger partial charge is 0.478 e. The normalized spacial score (nSPS) is 31.8. The molecular weight excluding hydrogens is 679 g/mol. The number of anilines is 1. The van der Waals surface area contributed by atoms with E-state index in [9.17, 15) is 24.3 Å². The number of nitrogens with one attached hydrogen (secondary N) is 1. The number of nitrogens with two attached hydrogens (primary N) is 1. The van der Waals surface area contributed by atoms with Crippen LogP contribution in [0.2, 0.25) is 5.82 Å². The van der Waals surface area contributed by atoms with Gasteiger partial charge in [-0.05, 0) is 83.3 Å². The van der Waals surface area contributed by atoms with E-state index in [4.69, 9.17) is 19.9 Å². The van der Waals surface area contributed by atoms with E-state index in [1.54, 1.807) is 36.6 Å². The summed E-state index contributed by atoms with van der Waals surface area (Å²) in [6.07, 6.45) is 5.49. The number of Topliss-reactive ketones (excluding diaryl/α,β-unsaturated/α-hetero) is 1. The Bertz CT molecular complexity index is 1640. The maximum atomic E-state index is 13.9. The van der Waals surface area contributed by atoms with E-state index in [0.29, 0.717) is 56.7 Å². The molecule has 1 aromatic heterocycles. The summed E-state index contributed by atoms with van der Waals surface area (Å²) in [7, 11) is 3.61. The second kappa shape index (κ2) is 17.7. The van der Waals surface area contributed by atoms with Crippen molar-refractivity contribution >= 4 is 37.3 Å². The number of nitrogen functional groups attached to an aromatic ring is 1. The number of carboxylic acid groups (broad SMARTS) is 1. The molecule has 9 atom stereocenters. The smallest absolute Gasteiger partial charge is 0.410 e. The Balaban J connectivity index is 1.65. The number of nitrogens with zero attached hydrogens (tertiary/aromatic N) is 4. The summed E-state index contributed by atoms with van der Waals surface area (Å²) in [5.74, 6) is -3.71. The van der Waals surface area contributed by atoms with Crippen LogP contribution in [0.25, 0.3) is 11.3 Å². The molecule has 1 aromatic carbocycles. The molecule has 0 saturated carbocycles. The molecule has 3 heterocycles. The number of fused-ring (bicyclic) bond motifs is 1. The molecule has 14 nitrogen and oxygen atoms in total. The van der Waals surface area contributed by atoms with Gasteiger partial charge in [0, 0.05) is 49.5 Å². The molecule has 2 aliphatic rings. The topological polar surface area (TPSA) is 188 Å². The number of carboxylic acids is 1. The fraction of sp³-hybridized carbons (Fsp3) is 0.632. The van der Waals surface area contributed by atoms with Crippen molar-refractivity contribution < 1.29 is 38.5 Å². The number of rotatable bonds is 11. The lowest BCUT2D eigenvalue weighted by Gasteiger charge is -2.42. The lowest BCUT2D eigenvalue weighted by Crippen LogP contribution is -2.61. The fourth-order valence-electron chi connectivity index (χ4n) is 7.97. The van der Waals surface area contributed by atoms with Crippen LogP contribution >= 0.6 is 0 Å². The fourth-order valence-corrected chi connectivity index (χ4v) is 7.97. The molecular formula is C38H57BN6O8. The van der Waals surface area contributed by atoms with Crippen LogP contribution in [0.5, 0.6) is 0 Å². The molecule has 290 valence electrons. The molecule has 1 amide bonds. The summed E-state index contributed by atoms with van der Waals surface area (Å²) < 4.78 is 20.1. The molecule has 15 heteroatoms. The van der Waals surface area contributed by atoms with E-state index >= 15 is 0 Å². The summed E-state index contributed by atoms with van der Waals surface area (Å²) >= 11 is 0. The van der Waals surface area contributed by atoms with Gasteiger partial charge in [0.1, 0.15) is 31.3 Å². The third-order valence-electron chi connectivity index (χ3n) is 11.4. The summed E-state index contributed by atoms with van der Waals surface area (Å²) in [6, 6.07) is 6.28. The highest BCUT2D eigenvalue weighted by atomic mass is 16.6. The summed E-state index contributed by atoms with van der Waals surface area (Å²) in [5, 5.41) is 21.6. The maximum Gasteiger partial charge on any atom is 0.410 e. The van der Waals surface area contributed by atoms with Gasteiger partial charge < -0.3 is 30.4 Å². The van der Waals surface area contributed by atoms with Crippen LogP contribution in [0.1, 0.15) is 73.6 Å². The number of aromatic nitrogens is 3. The molecule has 2 aromatic rings. The number of amides is 1. The maximum absolute atomic E-state index is 13.9. The molecule has 2 saturated heterocycles. The standard InChI is InChI=1S/C38H57BN6O8/c1-8-30-38(6)34(45(36(50)53-38)18-10-9-17-44-22-29(42-43-44)26-13-11-14-27(40)19-26)28(15-12-16-31(46)47)41-21-23(2)20-37(5,51-7)33(39)24(3)32(48)25(4)35(49)52-30/h11-14,16,19,22-25,28,30,33-34,41H,8-10,15,17-18,20-21,39-40H2,1-7H3,(H,46,47)/b16-12+/t23-,24+,25-,28-,30-,33-,34-,37-,38-/m1/s1. The van der Waals surface area contributed by atoms with E-state index in [0.717, 1.165) is 11.6 Å². The molecule has 0 aliphatic carbocycles. The van der Waals surface area contributed by atoms with Gasteiger partial charge in [-0.3, -0.25) is 19.2 Å². The zero-order valence-corrected chi connectivity index (χ0v) is 32.4. The lowest BCUT2D eigenvalue weighted by molar-refractivity contribution is -0.170. The van der Waals surface area contributed by atoms with Gasteiger partial charge in [-0.25, -0.2) is 9.59 Å². The number of unbranched alkanes of at least 4 members (excludes halogenated alkanes) is 1. The molecule has 4 N–H and O–H groups in total. The van der Waals surface area contributed by atoms with Crippen LogP contribution in [-0.4, -0.2) is 106 Å². The molecule has 4 rings (SSSR count). The third-order valence-corrected chi connectivity index (χ3v) is 11.4. The van der Waals surface area contributed by atoms with Crippen molar-refractivity contribution in [2.45, 2.75) is 115 Å². The second-order valence-electron chi connectivity index (χ2n) is 15.2. The Hall–Kier alpha value is -4.24. The van der Waals surface area contributed by atoms with Crippen molar-refractivity contribution in [3.8, 4) is 11.3 Å². The first-order valence-electron chi connectivity index (χ1n) is 18.7. The minimum absolute atomic E-state index is 0.0516. The minimum Gasteiger partial charge on any atom is -0.478 e. The highest BCUT2D eigenvalue weighted by Gasteiger charge is 2.59. The average molecular weight is 737 g/mol. The number of carbonyl (C=O) groups is 4. The van der Waals surface area contributed by atoms with Crippen LogP contribution in [0.4, 0.5) is 10.5 Å². The van der Waals surface area contributed by atoms with Gasteiger partial charge in [-0.15, -0.1) is 5.10 Å². The van der Waals surface area contributed by atoms with Gasteiger partial charge in [0.2, 0.25) is 0 Å². The first-order valence-corrected chi connectivity index (χ1v) is 18.7. The van der Waals surface area contributed by atoms with Crippen molar-refractivity contribution in [3.05, 3.63) is 42.6 Å². The van der Waals surface area contributed by atoms with Crippen LogP contribution in [-0.2, 0) is 35.1 Å². The van der Waals surface area contributed by atoms with E-state index in [1.165, 1.54) is 0 Å². The quantitative estimate of drug-likeness (QED) is 0.0755. The number of aliphatic carboxylic acids is 1. The van der Waals surface area contributed by atoms with Crippen molar-refractivity contribution in [3.63, 3.8) is 0 Å². The van der Waals surface area contributed by atoms with E-state index in [-0.39, 0.29) is 23.9 Å². The first-order chi connectivity index (χ1) is 25.0. The zero-order chi connectivity index (χ0) is 39.1. The van der Waals surface area contributed by atoms with Crippen LogP contribution < -0.4 is 11.1 Å². The number of aryl methyl sites for hydroxylation is 1.